The summed E-state index contributed by atoms with van der Waals surface area (Å²) in [6.45, 7) is 1.80. The molecule has 9 nitrogen and oxygen atoms in total. The van der Waals surface area contributed by atoms with Gasteiger partial charge in [0.05, 0.1) is 36.4 Å². The third-order valence-corrected chi connectivity index (χ3v) is 4.71. The largest absolute Gasteiger partial charge is 0.466 e. The second-order valence-electron chi connectivity index (χ2n) is 6.45. The smallest absolute Gasteiger partial charge is 0.215 e. The molecule has 0 bridgehead atoms. The highest BCUT2D eigenvalue weighted by Gasteiger charge is 2.50. The summed E-state index contributed by atoms with van der Waals surface area (Å²) in [5, 5.41) is 23.9. The first-order valence-corrected chi connectivity index (χ1v) is 8.16. The molecule has 1 saturated carbocycles. The summed E-state index contributed by atoms with van der Waals surface area (Å²) in [4.78, 5) is 0. The second-order valence-corrected chi connectivity index (χ2v) is 6.45. The first-order valence-electron chi connectivity index (χ1n) is 8.16. The van der Waals surface area contributed by atoms with Crippen LogP contribution in [0.3, 0.4) is 0 Å². The van der Waals surface area contributed by atoms with E-state index < -0.39 is 48.8 Å². The first-order chi connectivity index (χ1) is 11.3. The Morgan fingerprint density at radius 1 is 1.29 bits per heavy atom. The maximum atomic E-state index is 10.6. The zero-order chi connectivity index (χ0) is 18.0. The van der Waals surface area contributed by atoms with Gasteiger partial charge in [-0.3, -0.25) is 0 Å². The molecule has 9 heteroatoms. The Hall–Kier alpha value is -0.780. The molecule has 9 atom stereocenters. The zero-order valence-corrected chi connectivity index (χ0v) is 14.3. The number of hydrogen-bond donors (Lipinski definition) is 6. The third-order valence-electron chi connectivity index (χ3n) is 4.71. The molecule has 9 N–H and O–H groups in total. The number of likely N-dealkylation sites (N-methyl/N-ethyl adjacent to an activating group) is 1. The fourth-order valence-electron chi connectivity index (χ4n) is 3.25. The molecule has 8 unspecified atom stereocenters. The number of methoxy groups -OCH3 is 1. The lowest BCUT2D eigenvalue weighted by Crippen LogP contribution is -2.71. The molecule has 1 heterocycles. The van der Waals surface area contributed by atoms with E-state index in [1.807, 2.05) is 6.08 Å². The lowest BCUT2D eigenvalue weighted by atomic mass is 9.81. The summed E-state index contributed by atoms with van der Waals surface area (Å²) in [5.74, 6) is 0.584. The summed E-state index contributed by atoms with van der Waals surface area (Å²) in [7, 11) is 3.12. The van der Waals surface area contributed by atoms with E-state index in [0.717, 1.165) is 0 Å². The van der Waals surface area contributed by atoms with Crippen LogP contribution in [0.2, 0.25) is 0 Å². The highest BCUT2D eigenvalue weighted by molar-refractivity contribution is 5.08. The number of nitrogens with two attached hydrogens (primary N) is 3. The first kappa shape index (κ1) is 19.5. The van der Waals surface area contributed by atoms with Gasteiger partial charge in [-0.25, -0.2) is 0 Å². The molecule has 2 aliphatic rings. The number of nitrogens with one attached hydrogen (secondary N) is 1. The van der Waals surface area contributed by atoms with Crippen molar-refractivity contribution in [1.82, 2.24) is 5.32 Å². The molecule has 0 spiro atoms. The Bertz CT molecular complexity index is 450. The molecule has 0 aromatic carbocycles. The molecule has 0 radical (unpaired) electrons. The lowest BCUT2D eigenvalue weighted by Gasteiger charge is -2.47. The summed E-state index contributed by atoms with van der Waals surface area (Å²) in [6.07, 6.45) is -1.96. The van der Waals surface area contributed by atoms with Gasteiger partial charge in [0.2, 0.25) is 6.29 Å². The second kappa shape index (κ2) is 8.07. The Labute approximate surface area is 142 Å². The molecule has 1 fully saturated rings. The van der Waals surface area contributed by atoms with Crippen molar-refractivity contribution in [2.45, 2.75) is 68.2 Å². The Morgan fingerprint density at radius 2 is 1.96 bits per heavy atom. The van der Waals surface area contributed by atoms with E-state index in [2.05, 4.69) is 5.32 Å². The van der Waals surface area contributed by atoms with Crippen LogP contribution in [0.5, 0.6) is 0 Å². The van der Waals surface area contributed by atoms with Crippen molar-refractivity contribution in [2.75, 3.05) is 14.2 Å². The van der Waals surface area contributed by atoms with Gasteiger partial charge in [0.1, 0.15) is 18.0 Å². The molecule has 24 heavy (non-hydrogen) atoms. The van der Waals surface area contributed by atoms with Crippen LogP contribution >= 0.6 is 0 Å². The minimum Gasteiger partial charge on any atom is -0.466 e. The summed E-state index contributed by atoms with van der Waals surface area (Å²) >= 11 is 0. The van der Waals surface area contributed by atoms with Crippen LogP contribution < -0.4 is 22.5 Å². The SMILES string of the molecule is CNC1C(O)C(OC2OC([C@H](C)N)=CCC2N)C(N)C(O)C1OC. The van der Waals surface area contributed by atoms with Crippen LogP contribution in [0.25, 0.3) is 0 Å². The number of aliphatic hydroxyl groups is 2. The van der Waals surface area contributed by atoms with Crippen molar-refractivity contribution in [3.8, 4) is 0 Å². The number of aliphatic hydroxyl groups excluding tert-OH is 2. The molecule has 0 saturated heterocycles. The minimum atomic E-state index is -1.01. The van der Waals surface area contributed by atoms with Crippen LogP contribution in [0.4, 0.5) is 0 Å². The molecular weight excluding hydrogens is 316 g/mol. The Morgan fingerprint density at radius 3 is 2.50 bits per heavy atom. The van der Waals surface area contributed by atoms with Crippen LogP contribution in [0.1, 0.15) is 13.3 Å². The molecule has 0 amide bonds. The van der Waals surface area contributed by atoms with Crippen molar-refractivity contribution in [1.29, 1.82) is 0 Å². The predicted molar refractivity (Wildman–Crippen MR) is 87.7 cm³/mol. The van der Waals surface area contributed by atoms with Crippen molar-refractivity contribution in [2.24, 2.45) is 17.2 Å². The average molecular weight is 346 g/mol. The summed E-state index contributed by atoms with van der Waals surface area (Å²) in [6, 6.07) is -2.10. The fraction of sp³-hybridized carbons (Fsp3) is 0.867. The standard InChI is InChI=1S/C15H30N4O5/c1-6(16)8-5-4-7(17)15(23-8)24-13-9(18)11(20)14(22-3)10(19-2)12(13)21/h5-7,9-15,19-21H,4,16-18H2,1-3H3/t6-,7?,9?,10?,11?,12?,13?,14?,15?/m0/s1. The van der Waals surface area contributed by atoms with E-state index in [-0.39, 0.29) is 6.04 Å². The molecule has 2 rings (SSSR count). The monoisotopic (exact) mass is 346 g/mol. The van der Waals surface area contributed by atoms with Gasteiger partial charge in [-0.1, -0.05) is 0 Å². The van der Waals surface area contributed by atoms with E-state index in [1.54, 1.807) is 14.0 Å². The van der Waals surface area contributed by atoms with E-state index in [9.17, 15) is 10.2 Å². The molecule has 0 aromatic rings. The summed E-state index contributed by atoms with van der Waals surface area (Å²) < 4.78 is 16.8. The Balaban J connectivity index is 2.14. The number of ether oxygens (including phenoxy) is 3. The van der Waals surface area contributed by atoms with Gasteiger partial charge in [-0.15, -0.1) is 0 Å². The minimum absolute atomic E-state index is 0.290. The van der Waals surface area contributed by atoms with Gasteiger partial charge in [-0.05, 0) is 26.5 Å². The van der Waals surface area contributed by atoms with Crippen molar-refractivity contribution in [3.63, 3.8) is 0 Å². The van der Waals surface area contributed by atoms with E-state index >= 15 is 0 Å². The zero-order valence-electron chi connectivity index (χ0n) is 14.3. The van der Waals surface area contributed by atoms with E-state index in [4.69, 9.17) is 31.4 Å². The van der Waals surface area contributed by atoms with Gasteiger partial charge in [0, 0.05) is 7.11 Å². The molecule has 1 aliphatic heterocycles. The Kier molecular flexibility index (Phi) is 6.57. The molecule has 1 aliphatic carbocycles. The number of rotatable bonds is 5. The quantitative estimate of drug-likeness (QED) is 0.312. The van der Waals surface area contributed by atoms with E-state index in [0.29, 0.717) is 12.2 Å². The average Bonchev–Trinajstić information content (AvgIpc) is 2.55. The lowest BCUT2D eigenvalue weighted by molar-refractivity contribution is -0.231. The fourth-order valence-corrected chi connectivity index (χ4v) is 3.25. The van der Waals surface area contributed by atoms with Gasteiger partial charge in [0.25, 0.3) is 0 Å². The van der Waals surface area contributed by atoms with Crippen LogP contribution in [0.15, 0.2) is 11.8 Å². The van der Waals surface area contributed by atoms with Crippen molar-refractivity contribution in [3.05, 3.63) is 11.8 Å². The highest BCUT2D eigenvalue weighted by atomic mass is 16.7. The van der Waals surface area contributed by atoms with Gasteiger partial charge in [-0.2, -0.15) is 0 Å². The van der Waals surface area contributed by atoms with E-state index in [1.165, 1.54) is 7.11 Å². The number of hydrogen-bond acceptors (Lipinski definition) is 9. The van der Waals surface area contributed by atoms with Gasteiger partial charge >= 0.3 is 0 Å². The van der Waals surface area contributed by atoms with Crippen LogP contribution in [0, 0.1) is 0 Å². The van der Waals surface area contributed by atoms with Crippen LogP contribution in [-0.4, -0.2) is 79.2 Å². The third kappa shape index (κ3) is 3.73. The molecular formula is C15H30N4O5. The maximum Gasteiger partial charge on any atom is 0.215 e. The van der Waals surface area contributed by atoms with Crippen molar-refractivity contribution < 1.29 is 24.4 Å². The highest BCUT2D eigenvalue weighted by Crippen LogP contribution is 2.28. The normalized spacial score (nSPS) is 44.6. The summed E-state index contributed by atoms with van der Waals surface area (Å²) in [5.41, 5.74) is 18.0. The molecule has 140 valence electrons. The van der Waals surface area contributed by atoms with Crippen LogP contribution in [-0.2, 0) is 14.2 Å². The van der Waals surface area contributed by atoms with Gasteiger partial charge in [0.15, 0.2) is 0 Å². The topological polar surface area (TPSA) is 158 Å². The maximum absolute atomic E-state index is 10.6. The van der Waals surface area contributed by atoms with Crippen molar-refractivity contribution >= 4 is 0 Å². The predicted octanol–water partition coefficient (Wildman–Crippen LogP) is -2.66. The van der Waals surface area contributed by atoms with Gasteiger partial charge < -0.3 is 46.9 Å². The molecule has 0 aromatic heterocycles.